The lowest BCUT2D eigenvalue weighted by Gasteiger charge is -2.03. The summed E-state index contributed by atoms with van der Waals surface area (Å²) in [6.07, 6.45) is 3.36. The van der Waals surface area contributed by atoms with Gasteiger partial charge in [0.2, 0.25) is 0 Å². The number of carbonyl (C=O) groups is 1. The number of amides is 1. The Morgan fingerprint density at radius 2 is 2.32 bits per heavy atom. The number of aryl methyl sites for hydroxylation is 1. The molecule has 0 aliphatic rings. The van der Waals surface area contributed by atoms with Gasteiger partial charge in [0.25, 0.3) is 5.91 Å². The maximum atomic E-state index is 12.0. The molecule has 3 N–H and O–H groups in total. The molecule has 0 aromatic carbocycles. The number of pyridine rings is 1. The van der Waals surface area contributed by atoms with E-state index in [1.807, 2.05) is 19.1 Å². The molecule has 2 rings (SSSR count). The first-order valence-electron chi connectivity index (χ1n) is 5.71. The average molecular weight is 271 g/mol. The molecule has 0 atom stereocenters. The molecule has 0 fully saturated rings. The number of nitrogens with zero attached hydrogens (tertiary/aromatic N) is 1. The predicted molar refractivity (Wildman–Crippen MR) is 77.2 cm³/mol. The van der Waals surface area contributed by atoms with Crippen LogP contribution in [0.4, 0.5) is 5.69 Å². The number of hydrogen-bond donors (Lipinski definition) is 2. The molecule has 1 amide bonds. The Kier molecular flexibility index (Phi) is 4.29. The number of rotatable bonds is 2. The summed E-state index contributed by atoms with van der Waals surface area (Å²) in [4.78, 5) is 17.5. The van der Waals surface area contributed by atoms with Crippen LogP contribution in [0.1, 0.15) is 20.1 Å². The molecule has 0 aliphatic heterocycles. The van der Waals surface area contributed by atoms with Crippen LogP contribution in [0.15, 0.2) is 30.6 Å². The minimum Gasteiger partial charge on any atom is -0.320 e. The lowest BCUT2D eigenvalue weighted by Crippen LogP contribution is -2.10. The molecule has 4 nitrogen and oxygen atoms in total. The van der Waals surface area contributed by atoms with Crippen molar-refractivity contribution in [1.29, 1.82) is 0 Å². The van der Waals surface area contributed by atoms with Crippen LogP contribution in [0.3, 0.4) is 0 Å². The van der Waals surface area contributed by atoms with Crippen molar-refractivity contribution in [3.8, 4) is 11.8 Å². The number of anilines is 1. The van der Waals surface area contributed by atoms with Crippen molar-refractivity contribution in [1.82, 2.24) is 4.98 Å². The van der Waals surface area contributed by atoms with E-state index in [0.717, 1.165) is 10.4 Å². The quantitative estimate of drug-likeness (QED) is 0.821. The van der Waals surface area contributed by atoms with Crippen molar-refractivity contribution < 1.29 is 4.79 Å². The van der Waals surface area contributed by atoms with Gasteiger partial charge >= 0.3 is 0 Å². The van der Waals surface area contributed by atoms with Gasteiger partial charge in [0.15, 0.2) is 0 Å². The first-order chi connectivity index (χ1) is 9.19. The Morgan fingerprint density at radius 1 is 1.47 bits per heavy atom. The normalized spacial score (nSPS) is 9.58. The minimum atomic E-state index is -0.154. The lowest BCUT2D eigenvalue weighted by atomic mass is 10.3. The highest BCUT2D eigenvalue weighted by molar-refractivity contribution is 7.14. The highest BCUT2D eigenvalue weighted by Gasteiger charge is 2.09. The third kappa shape index (κ3) is 3.65. The van der Waals surface area contributed by atoms with Gasteiger partial charge in [-0.1, -0.05) is 11.8 Å². The van der Waals surface area contributed by atoms with Gasteiger partial charge in [0.1, 0.15) is 0 Å². The van der Waals surface area contributed by atoms with Crippen LogP contribution in [0.5, 0.6) is 0 Å². The van der Waals surface area contributed by atoms with Crippen molar-refractivity contribution in [3.05, 3.63) is 45.9 Å². The smallest absolute Gasteiger partial charge is 0.265 e. The second-order valence-electron chi connectivity index (χ2n) is 3.87. The zero-order valence-electron chi connectivity index (χ0n) is 10.4. The highest BCUT2D eigenvalue weighted by atomic mass is 32.1. The molecule has 0 saturated heterocycles. The van der Waals surface area contributed by atoms with Crippen LogP contribution in [0, 0.1) is 18.8 Å². The Morgan fingerprint density at radius 3 is 3.05 bits per heavy atom. The van der Waals surface area contributed by atoms with Crippen molar-refractivity contribution in [3.63, 3.8) is 0 Å². The topological polar surface area (TPSA) is 68.0 Å². The third-order valence-corrected chi connectivity index (χ3v) is 3.28. The number of thiophene rings is 1. The molecule has 2 aromatic heterocycles. The summed E-state index contributed by atoms with van der Waals surface area (Å²) in [5.74, 6) is 5.51. The van der Waals surface area contributed by atoms with E-state index in [9.17, 15) is 4.79 Å². The zero-order valence-corrected chi connectivity index (χ0v) is 11.3. The summed E-state index contributed by atoms with van der Waals surface area (Å²) in [6.45, 7) is 2.24. The molecule has 0 spiro atoms. The Bertz CT molecular complexity index is 652. The molecule has 19 heavy (non-hydrogen) atoms. The predicted octanol–water partition coefficient (Wildman–Crippen LogP) is 2.01. The van der Waals surface area contributed by atoms with E-state index in [2.05, 4.69) is 22.1 Å². The summed E-state index contributed by atoms with van der Waals surface area (Å²) in [6, 6.07) is 5.44. The largest absolute Gasteiger partial charge is 0.320 e. The van der Waals surface area contributed by atoms with E-state index in [4.69, 9.17) is 5.73 Å². The first-order valence-corrected chi connectivity index (χ1v) is 6.52. The van der Waals surface area contributed by atoms with Crippen molar-refractivity contribution >= 4 is 22.9 Å². The number of hydrogen-bond acceptors (Lipinski definition) is 4. The van der Waals surface area contributed by atoms with Crippen LogP contribution in [-0.2, 0) is 0 Å². The van der Waals surface area contributed by atoms with Gasteiger partial charge in [-0.15, -0.1) is 11.3 Å². The molecule has 2 heterocycles. The standard InChI is InChI=1S/C14H13N3OS/c1-10-7-11(9-16-8-10)17-14(18)13-5-4-12(19-13)3-2-6-15/h4-5,7-9H,6,15H2,1H3,(H,17,18). The third-order valence-electron chi connectivity index (χ3n) is 2.28. The van der Waals surface area contributed by atoms with E-state index >= 15 is 0 Å². The van der Waals surface area contributed by atoms with Crippen LogP contribution >= 0.6 is 11.3 Å². The number of aromatic nitrogens is 1. The Hall–Kier alpha value is -2.16. The van der Waals surface area contributed by atoms with E-state index < -0.39 is 0 Å². The number of nitrogens with two attached hydrogens (primary N) is 1. The second-order valence-corrected chi connectivity index (χ2v) is 4.96. The van der Waals surface area contributed by atoms with Gasteiger partial charge in [-0.3, -0.25) is 9.78 Å². The van der Waals surface area contributed by atoms with Gasteiger partial charge in [-0.2, -0.15) is 0 Å². The molecular formula is C14H13N3OS. The monoisotopic (exact) mass is 271 g/mol. The Labute approximate surface area is 115 Å². The molecule has 2 aromatic rings. The average Bonchev–Trinajstić information content (AvgIpc) is 2.85. The van der Waals surface area contributed by atoms with Gasteiger partial charge in [-0.25, -0.2) is 0 Å². The summed E-state index contributed by atoms with van der Waals surface area (Å²) in [5, 5.41) is 2.80. The number of carbonyl (C=O) groups excluding carboxylic acids is 1. The molecule has 0 unspecified atom stereocenters. The van der Waals surface area contributed by atoms with Crippen molar-refractivity contribution in [2.24, 2.45) is 5.73 Å². The van der Waals surface area contributed by atoms with E-state index in [-0.39, 0.29) is 5.91 Å². The SMILES string of the molecule is Cc1cncc(NC(=O)c2ccc(C#CCN)s2)c1. The minimum absolute atomic E-state index is 0.154. The van der Waals surface area contributed by atoms with Crippen molar-refractivity contribution in [2.75, 3.05) is 11.9 Å². The highest BCUT2D eigenvalue weighted by Crippen LogP contribution is 2.17. The van der Waals surface area contributed by atoms with Crippen LogP contribution in [0.2, 0.25) is 0 Å². The molecule has 0 aliphatic carbocycles. The summed E-state index contributed by atoms with van der Waals surface area (Å²) in [5.41, 5.74) is 6.99. The maximum absolute atomic E-state index is 12.0. The van der Waals surface area contributed by atoms with Gasteiger partial charge in [-0.05, 0) is 30.7 Å². The molecule has 5 heteroatoms. The molecular weight excluding hydrogens is 258 g/mol. The van der Waals surface area contributed by atoms with Crippen LogP contribution in [-0.4, -0.2) is 17.4 Å². The fourth-order valence-electron chi connectivity index (χ4n) is 1.48. The summed E-state index contributed by atoms with van der Waals surface area (Å²) < 4.78 is 0. The van der Waals surface area contributed by atoms with Gasteiger partial charge < -0.3 is 11.1 Å². The zero-order chi connectivity index (χ0) is 13.7. The Balaban J connectivity index is 2.10. The summed E-state index contributed by atoms with van der Waals surface area (Å²) >= 11 is 1.34. The fourth-order valence-corrected chi connectivity index (χ4v) is 2.26. The first kappa shape index (κ1) is 13.3. The lowest BCUT2D eigenvalue weighted by molar-refractivity contribution is 0.103. The van der Waals surface area contributed by atoms with Gasteiger partial charge in [0.05, 0.1) is 28.2 Å². The number of nitrogens with one attached hydrogen (secondary N) is 1. The molecule has 0 bridgehead atoms. The van der Waals surface area contributed by atoms with Crippen molar-refractivity contribution in [2.45, 2.75) is 6.92 Å². The van der Waals surface area contributed by atoms with E-state index in [0.29, 0.717) is 17.1 Å². The van der Waals surface area contributed by atoms with E-state index in [1.165, 1.54) is 11.3 Å². The van der Waals surface area contributed by atoms with E-state index in [1.54, 1.807) is 18.5 Å². The molecule has 0 saturated carbocycles. The van der Waals surface area contributed by atoms with Crippen LogP contribution in [0.25, 0.3) is 0 Å². The fraction of sp³-hybridized carbons (Fsp3) is 0.143. The van der Waals surface area contributed by atoms with Gasteiger partial charge in [0, 0.05) is 6.20 Å². The second kappa shape index (κ2) is 6.14. The summed E-state index contributed by atoms with van der Waals surface area (Å²) in [7, 11) is 0. The maximum Gasteiger partial charge on any atom is 0.265 e. The molecule has 0 radical (unpaired) electrons. The molecule has 96 valence electrons. The van der Waals surface area contributed by atoms with Crippen LogP contribution < -0.4 is 11.1 Å².